The third-order valence-electron chi connectivity index (χ3n) is 2.92. The number of halogens is 1. The van der Waals surface area contributed by atoms with Crippen molar-refractivity contribution in [1.82, 2.24) is 14.8 Å². The van der Waals surface area contributed by atoms with Crippen molar-refractivity contribution in [3.8, 4) is 5.75 Å². The summed E-state index contributed by atoms with van der Waals surface area (Å²) in [6, 6.07) is 4.41. The van der Waals surface area contributed by atoms with Gasteiger partial charge in [-0.05, 0) is 44.0 Å². The molecule has 6 heteroatoms. The molecule has 1 heterocycles. The molecule has 0 bridgehead atoms. The van der Waals surface area contributed by atoms with Gasteiger partial charge in [0.1, 0.15) is 24.5 Å². The molecule has 108 valence electrons. The minimum atomic E-state index is -0.287. The van der Waals surface area contributed by atoms with Crippen molar-refractivity contribution in [2.24, 2.45) is 5.73 Å². The Hall–Kier alpha value is -1.95. The molecule has 1 atom stereocenters. The first-order chi connectivity index (χ1) is 9.60. The Kier molecular flexibility index (Phi) is 4.68. The summed E-state index contributed by atoms with van der Waals surface area (Å²) >= 11 is 0. The first kappa shape index (κ1) is 14.5. The van der Waals surface area contributed by atoms with Crippen molar-refractivity contribution in [2.75, 3.05) is 0 Å². The van der Waals surface area contributed by atoms with Gasteiger partial charge in [0.25, 0.3) is 0 Å². The average Bonchev–Trinajstić information content (AvgIpc) is 2.84. The summed E-state index contributed by atoms with van der Waals surface area (Å²) < 4.78 is 20.8. The van der Waals surface area contributed by atoms with Gasteiger partial charge in [-0.15, -0.1) is 0 Å². The fourth-order valence-electron chi connectivity index (χ4n) is 2.00. The Morgan fingerprint density at radius 3 is 2.95 bits per heavy atom. The van der Waals surface area contributed by atoms with Crippen LogP contribution in [-0.4, -0.2) is 20.8 Å². The van der Waals surface area contributed by atoms with E-state index in [4.69, 9.17) is 10.5 Å². The van der Waals surface area contributed by atoms with Crippen LogP contribution in [0.4, 0.5) is 4.39 Å². The normalized spacial score (nSPS) is 12.4. The van der Waals surface area contributed by atoms with E-state index in [9.17, 15) is 4.39 Å². The van der Waals surface area contributed by atoms with E-state index < -0.39 is 0 Å². The molecule has 20 heavy (non-hydrogen) atoms. The van der Waals surface area contributed by atoms with E-state index >= 15 is 0 Å². The highest BCUT2D eigenvalue weighted by Crippen LogP contribution is 2.22. The molecule has 0 saturated heterocycles. The maximum atomic E-state index is 13.3. The average molecular weight is 278 g/mol. The summed E-state index contributed by atoms with van der Waals surface area (Å²) in [4.78, 5) is 4.14. The molecule has 2 N–H and O–H groups in total. The first-order valence-corrected chi connectivity index (χ1v) is 6.63. The standard InChI is InChI=1S/C14H19FN4O/c1-3-19-14(17-9-18-19)8-20-13-5-4-12(15)7-11(13)6-10(2)16/h4-5,7,9-10H,3,6,8,16H2,1-2H3. The first-order valence-electron chi connectivity index (χ1n) is 6.63. The molecule has 0 aliphatic carbocycles. The predicted octanol–water partition coefficient (Wildman–Crippen LogP) is 1.91. The van der Waals surface area contributed by atoms with Crippen molar-refractivity contribution >= 4 is 0 Å². The van der Waals surface area contributed by atoms with Gasteiger partial charge in [-0.1, -0.05) is 0 Å². The van der Waals surface area contributed by atoms with Crippen LogP contribution in [0.1, 0.15) is 25.2 Å². The van der Waals surface area contributed by atoms with Crippen LogP contribution in [0.15, 0.2) is 24.5 Å². The minimum Gasteiger partial charge on any atom is -0.485 e. The van der Waals surface area contributed by atoms with Crippen molar-refractivity contribution < 1.29 is 9.13 Å². The highest BCUT2D eigenvalue weighted by molar-refractivity contribution is 5.34. The molecule has 1 unspecified atom stereocenters. The number of nitrogens with two attached hydrogens (primary N) is 1. The summed E-state index contributed by atoms with van der Waals surface area (Å²) in [6.45, 7) is 4.89. The van der Waals surface area contributed by atoms with Gasteiger partial charge >= 0.3 is 0 Å². The van der Waals surface area contributed by atoms with Crippen LogP contribution >= 0.6 is 0 Å². The lowest BCUT2D eigenvalue weighted by atomic mass is 10.1. The van der Waals surface area contributed by atoms with Gasteiger partial charge in [0.2, 0.25) is 0 Å². The quantitative estimate of drug-likeness (QED) is 0.876. The lowest BCUT2D eigenvalue weighted by molar-refractivity contribution is 0.283. The molecule has 0 amide bonds. The van der Waals surface area contributed by atoms with Crippen LogP contribution in [-0.2, 0) is 19.6 Å². The zero-order valence-corrected chi connectivity index (χ0v) is 11.7. The summed E-state index contributed by atoms with van der Waals surface area (Å²) in [7, 11) is 0. The molecular weight excluding hydrogens is 259 g/mol. The van der Waals surface area contributed by atoms with Crippen molar-refractivity contribution in [2.45, 2.75) is 39.5 Å². The SMILES string of the molecule is CCn1ncnc1COc1ccc(F)cc1CC(C)N. The highest BCUT2D eigenvalue weighted by atomic mass is 19.1. The van der Waals surface area contributed by atoms with Crippen LogP contribution in [0.25, 0.3) is 0 Å². The Balaban J connectivity index is 2.12. The number of benzene rings is 1. The summed E-state index contributed by atoms with van der Waals surface area (Å²) in [5.74, 6) is 1.09. The van der Waals surface area contributed by atoms with Crippen molar-refractivity contribution in [3.63, 3.8) is 0 Å². The third kappa shape index (κ3) is 3.54. The zero-order chi connectivity index (χ0) is 14.5. The van der Waals surface area contributed by atoms with Gasteiger partial charge < -0.3 is 10.5 Å². The Morgan fingerprint density at radius 1 is 1.45 bits per heavy atom. The maximum Gasteiger partial charge on any atom is 0.164 e. The van der Waals surface area contributed by atoms with Gasteiger partial charge in [0, 0.05) is 12.6 Å². The highest BCUT2D eigenvalue weighted by Gasteiger charge is 2.10. The molecule has 0 aliphatic rings. The molecule has 1 aromatic carbocycles. The van der Waals surface area contributed by atoms with Crippen LogP contribution in [0.3, 0.4) is 0 Å². The molecule has 2 rings (SSSR count). The Morgan fingerprint density at radius 2 is 2.25 bits per heavy atom. The second-order valence-corrected chi connectivity index (χ2v) is 4.71. The molecule has 0 fully saturated rings. The maximum absolute atomic E-state index is 13.3. The van der Waals surface area contributed by atoms with Gasteiger partial charge in [-0.25, -0.2) is 14.1 Å². The number of aryl methyl sites for hydroxylation is 1. The van der Waals surface area contributed by atoms with Crippen LogP contribution < -0.4 is 10.5 Å². The second-order valence-electron chi connectivity index (χ2n) is 4.71. The van der Waals surface area contributed by atoms with Gasteiger partial charge in [-0.2, -0.15) is 5.10 Å². The molecule has 0 spiro atoms. The Bertz CT molecular complexity index is 568. The largest absolute Gasteiger partial charge is 0.485 e. The molecule has 0 aliphatic heterocycles. The van der Waals surface area contributed by atoms with E-state index in [0.29, 0.717) is 18.8 Å². The monoisotopic (exact) mass is 278 g/mol. The van der Waals surface area contributed by atoms with E-state index in [2.05, 4.69) is 10.1 Å². The van der Waals surface area contributed by atoms with E-state index in [0.717, 1.165) is 17.9 Å². The van der Waals surface area contributed by atoms with Gasteiger partial charge in [0.15, 0.2) is 5.82 Å². The van der Waals surface area contributed by atoms with Crippen LogP contribution in [0, 0.1) is 5.82 Å². The lowest BCUT2D eigenvalue weighted by Crippen LogP contribution is -2.18. The zero-order valence-electron chi connectivity index (χ0n) is 11.7. The van der Waals surface area contributed by atoms with Crippen LogP contribution in [0.5, 0.6) is 5.75 Å². The van der Waals surface area contributed by atoms with Crippen LogP contribution in [0.2, 0.25) is 0 Å². The number of aromatic nitrogens is 3. The smallest absolute Gasteiger partial charge is 0.164 e. The van der Waals surface area contributed by atoms with E-state index in [1.807, 2.05) is 13.8 Å². The van der Waals surface area contributed by atoms with E-state index in [-0.39, 0.29) is 11.9 Å². The number of hydrogen-bond donors (Lipinski definition) is 1. The lowest BCUT2D eigenvalue weighted by Gasteiger charge is -2.13. The van der Waals surface area contributed by atoms with Crippen molar-refractivity contribution in [3.05, 3.63) is 41.7 Å². The third-order valence-corrected chi connectivity index (χ3v) is 2.92. The van der Waals surface area contributed by atoms with Gasteiger partial charge in [-0.3, -0.25) is 0 Å². The molecule has 2 aromatic rings. The fraction of sp³-hybridized carbons (Fsp3) is 0.429. The number of rotatable bonds is 6. The number of nitrogens with zero attached hydrogens (tertiary/aromatic N) is 3. The molecular formula is C14H19FN4O. The van der Waals surface area contributed by atoms with E-state index in [1.165, 1.54) is 18.5 Å². The Labute approximate surface area is 117 Å². The van der Waals surface area contributed by atoms with Gasteiger partial charge in [0.05, 0.1) is 0 Å². The summed E-state index contributed by atoms with van der Waals surface area (Å²) in [5.41, 5.74) is 6.54. The number of hydrogen-bond acceptors (Lipinski definition) is 4. The molecule has 5 nitrogen and oxygen atoms in total. The summed E-state index contributed by atoms with van der Waals surface area (Å²) in [5, 5.41) is 4.08. The molecule has 0 saturated carbocycles. The topological polar surface area (TPSA) is 66.0 Å². The second kappa shape index (κ2) is 6.47. The molecule has 1 aromatic heterocycles. The minimum absolute atomic E-state index is 0.0570. The number of ether oxygens (including phenoxy) is 1. The predicted molar refractivity (Wildman–Crippen MR) is 73.8 cm³/mol. The van der Waals surface area contributed by atoms with Crippen molar-refractivity contribution in [1.29, 1.82) is 0 Å². The van der Waals surface area contributed by atoms with E-state index in [1.54, 1.807) is 10.7 Å². The fourth-order valence-corrected chi connectivity index (χ4v) is 2.00. The molecule has 0 radical (unpaired) electrons. The summed E-state index contributed by atoms with van der Waals surface area (Å²) in [6.07, 6.45) is 2.06.